The molecule has 0 radical (unpaired) electrons. The van der Waals surface area contributed by atoms with Gasteiger partial charge in [0.1, 0.15) is 18.2 Å². The zero-order chi connectivity index (χ0) is 27.5. The quantitative estimate of drug-likeness (QED) is 0.160. The van der Waals surface area contributed by atoms with Crippen molar-refractivity contribution in [3.8, 4) is 0 Å². The number of hydrogen-bond donors (Lipinski definition) is 2. The van der Waals surface area contributed by atoms with E-state index in [0.717, 1.165) is 22.8 Å². The largest absolute Gasteiger partial charge is 0.444 e. The molecule has 1 aromatic heterocycles. The molecule has 2 atom stereocenters. The Hall–Kier alpha value is -3.57. The van der Waals surface area contributed by atoms with Gasteiger partial charge in [-0.15, -0.1) is 0 Å². The summed E-state index contributed by atoms with van der Waals surface area (Å²) in [5.41, 5.74) is 1.06. The van der Waals surface area contributed by atoms with E-state index >= 15 is 0 Å². The predicted octanol–water partition coefficient (Wildman–Crippen LogP) is 4.74. The second-order valence-electron chi connectivity index (χ2n) is 8.41. The zero-order valence-electron chi connectivity index (χ0n) is 20.7. The number of furan rings is 1. The van der Waals surface area contributed by atoms with Crippen LogP contribution in [0.2, 0.25) is 0 Å². The second-order valence-corrected chi connectivity index (χ2v) is 9.19. The molecule has 0 bridgehead atoms. The maximum atomic E-state index is 14.3. The molecule has 0 saturated heterocycles. The monoisotopic (exact) mass is 591 g/mol. The molecule has 2 N–H and O–H groups in total. The maximum absolute atomic E-state index is 14.3. The number of rotatable bonds is 14. The van der Waals surface area contributed by atoms with Gasteiger partial charge >= 0.3 is 0 Å². The fourth-order valence-electron chi connectivity index (χ4n) is 3.97. The van der Waals surface area contributed by atoms with E-state index in [2.05, 4.69) is 26.6 Å². The van der Waals surface area contributed by atoms with E-state index in [-0.39, 0.29) is 37.4 Å². The van der Waals surface area contributed by atoms with Crippen LogP contribution in [0.4, 0.5) is 8.78 Å². The molecule has 202 valence electrons. The second kappa shape index (κ2) is 14.4. The Balaban J connectivity index is 1.72. The molecule has 0 aliphatic carbocycles. The molecular formula is C27H28BrF2N3O5. The highest BCUT2D eigenvalue weighted by Crippen LogP contribution is 2.23. The molecule has 11 heteroatoms. The van der Waals surface area contributed by atoms with E-state index in [1.54, 1.807) is 13.0 Å². The summed E-state index contributed by atoms with van der Waals surface area (Å²) in [6.45, 7) is 1.69. The van der Waals surface area contributed by atoms with Crippen molar-refractivity contribution < 1.29 is 32.4 Å². The van der Waals surface area contributed by atoms with Gasteiger partial charge in [-0.2, -0.15) is 0 Å². The van der Waals surface area contributed by atoms with Gasteiger partial charge in [0.2, 0.25) is 12.3 Å². The lowest BCUT2D eigenvalue weighted by atomic mass is 9.89. The number of nitrogens with one attached hydrogen (secondary N) is 2. The molecule has 0 saturated carbocycles. The van der Waals surface area contributed by atoms with Crippen LogP contribution in [0, 0.1) is 17.6 Å². The first-order valence-corrected chi connectivity index (χ1v) is 12.8. The number of halogens is 3. The van der Waals surface area contributed by atoms with Gasteiger partial charge in [0.15, 0.2) is 10.4 Å². The Morgan fingerprint density at radius 1 is 1.11 bits per heavy atom. The number of hydroxylamine groups is 2. The van der Waals surface area contributed by atoms with E-state index in [0.29, 0.717) is 17.5 Å². The molecule has 2 aromatic carbocycles. The first-order chi connectivity index (χ1) is 18.3. The highest BCUT2D eigenvalue weighted by atomic mass is 79.9. The molecule has 1 heterocycles. The number of benzene rings is 2. The Morgan fingerprint density at radius 2 is 1.87 bits per heavy atom. The first kappa shape index (κ1) is 29.0. The van der Waals surface area contributed by atoms with Crippen LogP contribution in [0.3, 0.4) is 0 Å². The Kier molecular flexibility index (Phi) is 11.0. The minimum atomic E-state index is -0.833. The van der Waals surface area contributed by atoms with Crippen LogP contribution in [-0.4, -0.2) is 36.0 Å². The molecule has 0 aliphatic heterocycles. The van der Waals surface area contributed by atoms with Gasteiger partial charge in [-0.05, 0) is 64.5 Å². The first-order valence-electron chi connectivity index (χ1n) is 12.0. The Labute approximate surface area is 227 Å². The molecule has 0 unspecified atom stereocenters. The summed E-state index contributed by atoms with van der Waals surface area (Å²) in [7, 11) is 0. The van der Waals surface area contributed by atoms with Gasteiger partial charge < -0.3 is 15.1 Å². The van der Waals surface area contributed by atoms with Crippen molar-refractivity contribution in [2.45, 2.75) is 38.8 Å². The van der Waals surface area contributed by atoms with Crippen LogP contribution in [-0.2, 0) is 27.5 Å². The van der Waals surface area contributed by atoms with Crippen LogP contribution in [0.15, 0.2) is 69.8 Å². The van der Waals surface area contributed by atoms with Crippen LogP contribution >= 0.6 is 15.9 Å². The highest BCUT2D eigenvalue weighted by Gasteiger charge is 2.32. The summed E-state index contributed by atoms with van der Waals surface area (Å²) in [6, 6.07) is 14.8. The molecule has 3 amide bonds. The number of hydrogen-bond acceptors (Lipinski definition) is 5. The van der Waals surface area contributed by atoms with Crippen LogP contribution in [0.5, 0.6) is 0 Å². The number of aryl methyl sites for hydroxylation is 1. The van der Waals surface area contributed by atoms with Crippen molar-refractivity contribution in [1.29, 1.82) is 0 Å². The van der Waals surface area contributed by atoms with Crippen LogP contribution in [0.25, 0.3) is 0 Å². The Morgan fingerprint density at radius 3 is 2.50 bits per heavy atom. The average molecular weight is 592 g/mol. The smallest absolute Gasteiger partial charge is 0.288 e. The summed E-state index contributed by atoms with van der Waals surface area (Å²) >= 11 is 3.12. The normalized spacial score (nSPS) is 12.4. The minimum absolute atomic E-state index is 0.0577. The van der Waals surface area contributed by atoms with Crippen molar-refractivity contribution in [3.05, 3.63) is 93.9 Å². The minimum Gasteiger partial charge on any atom is -0.444 e. The number of amides is 3. The van der Waals surface area contributed by atoms with Crippen molar-refractivity contribution in [2.75, 3.05) is 6.67 Å². The lowest BCUT2D eigenvalue weighted by Gasteiger charge is -2.32. The predicted molar refractivity (Wildman–Crippen MR) is 138 cm³/mol. The van der Waals surface area contributed by atoms with Crippen molar-refractivity contribution in [3.63, 3.8) is 0 Å². The molecule has 0 aliphatic rings. The maximum Gasteiger partial charge on any atom is 0.288 e. The number of carbonyl (C=O) groups is 3. The average Bonchev–Trinajstić information content (AvgIpc) is 3.35. The topological polar surface area (TPSA) is 101 Å². The van der Waals surface area contributed by atoms with Crippen LogP contribution < -0.4 is 10.6 Å². The van der Waals surface area contributed by atoms with Crippen LogP contribution in [0.1, 0.15) is 41.4 Å². The molecule has 0 spiro atoms. The Bertz CT molecular complexity index is 1220. The summed E-state index contributed by atoms with van der Waals surface area (Å²) < 4.78 is 33.2. The van der Waals surface area contributed by atoms with Gasteiger partial charge in [-0.3, -0.25) is 19.2 Å². The lowest BCUT2D eigenvalue weighted by molar-refractivity contribution is -0.200. The third-order valence-corrected chi connectivity index (χ3v) is 6.35. The van der Waals surface area contributed by atoms with Gasteiger partial charge in [0.25, 0.3) is 5.91 Å². The van der Waals surface area contributed by atoms with E-state index < -0.39 is 35.4 Å². The summed E-state index contributed by atoms with van der Waals surface area (Å²) in [6.07, 6.45) is 1.10. The van der Waals surface area contributed by atoms with Gasteiger partial charge in [0.05, 0.1) is 18.6 Å². The van der Waals surface area contributed by atoms with E-state index in [1.165, 1.54) is 12.1 Å². The van der Waals surface area contributed by atoms with Crippen molar-refractivity contribution in [1.82, 2.24) is 15.7 Å². The third-order valence-electron chi connectivity index (χ3n) is 5.92. The summed E-state index contributed by atoms with van der Waals surface area (Å²) in [5.74, 6) is -3.21. The fraction of sp³-hybridized carbons (Fsp3) is 0.296. The van der Waals surface area contributed by atoms with Gasteiger partial charge in [-0.25, -0.2) is 13.8 Å². The summed E-state index contributed by atoms with van der Waals surface area (Å²) in [4.78, 5) is 43.2. The van der Waals surface area contributed by atoms with Crippen molar-refractivity contribution in [2.24, 2.45) is 5.92 Å². The summed E-state index contributed by atoms with van der Waals surface area (Å²) in [5, 5.41) is 6.27. The highest BCUT2D eigenvalue weighted by molar-refractivity contribution is 9.10. The molecule has 38 heavy (non-hydrogen) atoms. The standard InChI is InChI=1S/C27H28BrF2N3O5/c1-2-23(33(17-34)37-15-18-6-4-3-5-7-18)21(11-9-19-8-10-20(29)14-22(19)30)26(35)31-16-32-27(36)24-12-13-25(28)38-24/h3-8,10,12-14,17,21,23H,2,9,11,15-16H2,1H3,(H,31,35)(H,32,36)/t21-,23-/m1/s1. The number of nitrogens with zero attached hydrogens (tertiary/aromatic N) is 1. The number of carbonyl (C=O) groups excluding carboxylic acids is 3. The van der Waals surface area contributed by atoms with E-state index in [4.69, 9.17) is 9.25 Å². The van der Waals surface area contributed by atoms with Gasteiger partial charge in [0, 0.05) is 6.07 Å². The molecule has 3 rings (SSSR count). The fourth-order valence-corrected chi connectivity index (χ4v) is 4.28. The van der Waals surface area contributed by atoms with E-state index in [1.807, 2.05) is 30.3 Å². The zero-order valence-corrected chi connectivity index (χ0v) is 22.2. The molecule has 8 nitrogen and oxygen atoms in total. The SMILES string of the molecule is CC[C@H]([C@@H](CCc1ccc(F)cc1F)C(=O)NCNC(=O)c1ccc(Br)o1)N(C=O)OCc1ccccc1. The van der Waals surface area contributed by atoms with Gasteiger partial charge in [-0.1, -0.05) is 43.3 Å². The molecule has 3 aromatic rings. The third kappa shape index (κ3) is 8.22. The molecule has 0 fully saturated rings. The molecular weight excluding hydrogens is 564 g/mol. The lowest BCUT2D eigenvalue weighted by Crippen LogP contribution is -2.48. The van der Waals surface area contributed by atoms with E-state index in [9.17, 15) is 23.2 Å². The van der Waals surface area contributed by atoms with Crippen molar-refractivity contribution >= 4 is 34.2 Å².